The Bertz CT molecular complexity index is 915. The summed E-state index contributed by atoms with van der Waals surface area (Å²) in [7, 11) is -4.11. The zero-order chi connectivity index (χ0) is 19.9. The normalized spacial score (nSPS) is 10.9. The average Bonchev–Trinajstić information content (AvgIpc) is 2.60. The number of halogens is 1. The van der Waals surface area contributed by atoms with Gasteiger partial charge in [0.1, 0.15) is 11.5 Å². The third kappa shape index (κ3) is 6.22. The van der Waals surface area contributed by atoms with Crippen molar-refractivity contribution in [3.05, 3.63) is 53.1 Å². The van der Waals surface area contributed by atoms with Crippen molar-refractivity contribution in [2.24, 2.45) is 16.6 Å². The zero-order valence-electron chi connectivity index (χ0n) is 14.6. The van der Waals surface area contributed by atoms with Gasteiger partial charge < -0.3 is 25.2 Å². The maximum absolute atomic E-state index is 12.5. The number of rotatable bonds is 9. The average molecular weight is 414 g/mol. The number of hydrogen-bond acceptors (Lipinski definition) is 6. The molecule has 0 amide bonds. The van der Waals surface area contributed by atoms with Crippen LogP contribution in [-0.4, -0.2) is 27.6 Å². The van der Waals surface area contributed by atoms with Crippen LogP contribution in [-0.2, 0) is 15.0 Å². The largest absolute Gasteiger partial charge is 0.489 e. The van der Waals surface area contributed by atoms with Crippen LogP contribution in [0.15, 0.2) is 52.5 Å². The molecule has 0 saturated heterocycles. The third-order valence-electron chi connectivity index (χ3n) is 3.21. The predicted molar refractivity (Wildman–Crippen MR) is 102 cm³/mol. The van der Waals surface area contributed by atoms with E-state index in [2.05, 4.69) is 5.16 Å². The molecule has 0 aliphatic heterocycles. The van der Waals surface area contributed by atoms with E-state index in [1.165, 1.54) is 18.2 Å². The van der Waals surface area contributed by atoms with Gasteiger partial charge in [0.2, 0.25) is 5.96 Å². The molecule has 0 atom stereocenters. The van der Waals surface area contributed by atoms with E-state index in [1.54, 1.807) is 24.3 Å². The molecule has 0 unspecified atom stereocenters. The zero-order valence-corrected chi connectivity index (χ0v) is 16.2. The van der Waals surface area contributed by atoms with E-state index in [1.807, 2.05) is 6.92 Å². The van der Waals surface area contributed by atoms with Crippen LogP contribution in [0.2, 0.25) is 5.02 Å². The predicted octanol–water partition coefficient (Wildman–Crippen LogP) is 2.39. The lowest BCUT2D eigenvalue weighted by Gasteiger charge is -2.14. The Morgan fingerprint density at radius 2 is 1.85 bits per heavy atom. The molecule has 0 aliphatic rings. The van der Waals surface area contributed by atoms with Crippen LogP contribution in [0.4, 0.5) is 0 Å². The molecule has 4 N–H and O–H groups in total. The highest BCUT2D eigenvalue weighted by Gasteiger charge is 2.22. The quantitative estimate of drug-likeness (QED) is 0.212. The second-order valence-corrected chi connectivity index (χ2v) is 7.39. The Hall–Kier alpha value is -2.65. The monoisotopic (exact) mass is 413 g/mol. The number of ether oxygens (including phenoxy) is 1. The van der Waals surface area contributed by atoms with Crippen molar-refractivity contribution in [1.82, 2.24) is 0 Å². The van der Waals surface area contributed by atoms with Crippen molar-refractivity contribution in [2.75, 3.05) is 13.2 Å². The minimum Gasteiger partial charge on any atom is -0.489 e. The molecule has 2 rings (SSSR count). The fraction of sp³-hybridized carbons (Fsp3) is 0.235. The van der Waals surface area contributed by atoms with Gasteiger partial charge >= 0.3 is 10.1 Å². The van der Waals surface area contributed by atoms with Crippen molar-refractivity contribution < 1.29 is 22.2 Å². The van der Waals surface area contributed by atoms with Gasteiger partial charge in [-0.1, -0.05) is 29.8 Å². The minimum atomic E-state index is -4.11. The van der Waals surface area contributed by atoms with Crippen LogP contribution in [0, 0.1) is 6.92 Å². The van der Waals surface area contributed by atoms with E-state index in [0.29, 0.717) is 6.42 Å². The van der Waals surface area contributed by atoms with E-state index in [9.17, 15) is 8.42 Å². The summed E-state index contributed by atoms with van der Waals surface area (Å²) < 4.78 is 35.9. The van der Waals surface area contributed by atoms with Crippen molar-refractivity contribution in [1.29, 1.82) is 0 Å². The van der Waals surface area contributed by atoms with Gasteiger partial charge in [-0.25, -0.2) is 0 Å². The van der Waals surface area contributed by atoms with Gasteiger partial charge in [0, 0.05) is 6.42 Å². The first-order valence-corrected chi connectivity index (χ1v) is 9.71. The molecule has 0 heterocycles. The molecule has 146 valence electrons. The van der Waals surface area contributed by atoms with Gasteiger partial charge in [0.25, 0.3) is 0 Å². The first-order valence-electron chi connectivity index (χ1n) is 7.93. The summed E-state index contributed by atoms with van der Waals surface area (Å²) in [5, 5.41) is 3.46. The molecular formula is C17H20ClN3O5S. The van der Waals surface area contributed by atoms with E-state index in [-0.39, 0.29) is 40.6 Å². The van der Waals surface area contributed by atoms with Crippen LogP contribution in [0.3, 0.4) is 0 Å². The van der Waals surface area contributed by atoms with Crippen LogP contribution in [0.25, 0.3) is 0 Å². The second-order valence-electron chi connectivity index (χ2n) is 5.47. The Kier molecular flexibility index (Phi) is 7.14. The summed E-state index contributed by atoms with van der Waals surface area (Å²) in [5.74, 6) is 0.174. The summed E-state index contributed by atoms with van der Waals surface area (Å²) in [6, 6.07) is 10.9. The smallest absolute Gasteiger partial charge is 0.340 e. The number of nitrogens with zero attached hydrogens (tertiary/aromatic N) is 1. The fourth-order valence-corrected chi connectivity index (χ4v) is 3.47. The molecule has 0 aromatic heterocycles. The third-order valence-corrected chi connectivity index (χ3v) is 4.95. The number of guanidine groups is 1. The summed E-state index contributed by atoms with van der Waals surface area (Å²) in [6.45, 7) is 2.32. The van der Waals surface area contributed by atoms with Crippen molar-refractivity contribution in [3.63, 3.8) is 0 Å². The molecule has 0 fully saturated rings. The van der Waals surface area contributed by atoms with Gasteiger partial charge in [0.05, 0.1) is 11.6 Å². The first kappa shape index (κ1) is 20.7. The highest BCUT2D eigenvalue weighted by Crippen LogP contribution is 2.32. The molecule has 8 nitrogen and oxygen atoms in total. The van der Waals surface area contributed by atoms with Gasteiger partial charge in [-0.05, 0) is 41.9 Å². The molecule has 2 aromatic carbocycles. The minimum absolute atomic E-state index is 0.0608. The number of benzene rings is 2. The molecule has 10 heteroatoms. The molecule has 0 spiro atoms. The maximum Gasteiger partial charge on any atom is 0.340 e. The number of aryl methyl sites for hydroxylation is 1. The van der Waals surface area contributed by atoms with Gasteiger partial charge in [-0.2, -0.15) is 8.42 Å². The van der Waals surface area contributed by atoms with E-state index >= 15 is 0 Å². The molecule has 0 bridgehead atoms. The van der Waals surface area contributed by atoms with Crippen LogP contribution >= 0.6 is 11.6 Å². The van der Waals surface area contributed by atoms with Gasteiger partial charge in [-0.3, -0.25) is 0 Å². The second kappa shape index (κ2) is 9.33. The highest BCUT2D eigenvalue weighted by atomic mass is 35.5. The molecular weight excluding hydrogens is 394 g/mol. The lowest BCUT2D eigenvalue weighted by atomic mass is 10.2. The lowest BCUT2D eigenvalue weighted by Crippen LogP contribution is -2.23. The maximum atomic E-state index is 12.5. The van der Waals surface area contributed by atoms with Crippen molar-refractivity contribution in [2.45, 2.75) is 18.2 Å². The summed E-state index contributed by atoms with van der Waals surface area (Å²) in [5.41, 5.74) is 11.2. The Morgan fingerprint density at radius 3 is 2.56 bits per heavy atom. The lowest BCUT2D eigenvalue weighted by molar-refractivity contribution is 0.126. The van der Waals surface area contributed by atoms with Crippen molar-refractivity contribution >= 4 is 27.7 Å². The van der Waals surface area contributed by atoms with Crippen LogP contribution < -0.4 is 20.4 Å². The molecule has 0 radical (unpaired) electrons. The SMILES string of the molecule is Cc1ccc(OS(=O)(=O)c2ccccc2Cl)c(OCCCON=C(N)N)c1. The molecule has 0 aliphatic carbocycles. The van der Waals surface area contributed by atoms with E-state index in [0.717, 1.165) is 5.56 Å². The van der Waals surface area contributed by atoms with Crippen LogP contribution in [0.1, 0.15) is 12.0 Å². The van der Waals surface area contributed by atoms with Gasteiger partial charge in [0.15, 0.2) is 11.5 Å². The fourth-order valence-electron chi connectivity index (χ4n) is 2.03. The summed E-state index contributed by atoms with van der Waals surface area (Å²) in [6.07, 6.45) is 0.474. The Balaban J connectivity index is 2.09. The summed E-state index contributed by atoms with van der Waals surface area (Å²) >= 11 is 5.96. The van der Waals surface area contributed by atoms with E-state index in [4.69, 9.17) is 36.8 Å². The number of oxime groups is 1. The standard InChI is InChI=1S/C17H20ClN3O5S/c1-12-7-8-14(15(11-12)24-9-4-10-25-21-17(19)20)26-27(22,23)16-6-3-2-5-13(16)18/h2-3,5-8,11H,4,9-10H2,1H3,(H4,19,20,21). The highest BCUT2D eigenvalue weighted by molar-refractivity contribution is 7.87. The molecule has 0 saturated carbocycles. The van der Waals surface area contributed by atoms with Crippen molar-refractivity contribution in [3.8, 4) is 11.5 Å². The van der Waals surface area contributed by atoms with E-state index < -0.39 is 10.1 Å². The van der Waals surface area contributed by atoms with Crippen LogP contribution in [0.5, 0.6) is 11.5 Å². The Morgan fingerprint density at radius 1 is 1.11 bits per heavy atom. The number of hydrogen-bond donors (Lipinski definition) is 2. The molecule has 2 aromatic rings. The Labute approximate surface area is 162 Å². The summed E-state index contributed by atoms with van der Waals surface area (Å²) in [4.78, 5) is 4.73. The van der Waals surface area contributed by atoms with Gasteiger partial charge in [-0.15, -0.1) is 0 Å². The molecule has 27 heavy (non-hydrogen) atoms. The topological polar surface area (TPSA) is 126 Å². The first-order chi connectivity index (χ1) is 12.8. The number of nitrogens with two attached hydrogens (primary N) is 2.